The van der Waals surface area contributed by atoms with Gasteiger partial charge in [-0.3, -0.25) is 0 Å². The lowest BCUT2D eigenvalue weighted by molar-refractivity contribution is 0.00578. The van der Waals surface area contributed by atoms with Crippen molar-refractivity contribution < 1.29 is 28.0 Å². The summed E-state index contributed by atoms with van der Waals surface area (Å²) in [5.74, 6) is 0.689. The van der Waals surface area contributed by atoms with Gasteiger partial charge in [-0.25, -0.2) is 4.79 Å². The maximum absolute atomic E-state index is 12.4. The molecule has 198 valence electrons. The second-order valence-electron chi connectivity index (χ2n) is 12.9. The number of benzene rings is 1. The molecular weight excluding hydrogens is 461 g/mol. The van der Waals surface area contributed by atoms with Crippen LogP contribution in [0.2, 0.25) is 18.1 Å². The summed E-state index contributed by atoms with van der Waals surface area (Å²) in [6.07, 6.45) is -0.485. The van der Waals surface area contributed by atoms with Crippen LogP contribution in [0.4, 0.5) is 4.79 Å². The van der Waals surface area contributed by atoms with E-state index in [2.05, 4.69) is 39.2 Å². The molecule has 1 aromatic rings. The number of amides is 1. The van der Waals surface area contributed by atoms with Crippen LogP contribution < -0.4 is 15.5 Å². The van der Waals surface area contributed by atoms with Crippen LogP contribution in [0.15, 0.2) is 24.3 Å². The number of nitrogens with one attached hydrogen (secondary N) is 1. The van der Waals surface area contributed by atoms with Crippen molar-refractivity contribution in [2.45, 2.75) is 110 Å². The molecule has 1 fully saturated rings. The monoisotopic (exact) mass is 507 g/mol. The zero-order valence-electron chi connectivity index (χ0n) is 23.8. The lowest BCUT2D eigenvalue weighted by Crippen LogP contribution is -2.49. The quantitative estimate of drug-likeness (QED) is 0.483. The van der Waals surface area contributed by atoms with Gasteiger partial charge in [0.25, 0.3) is 0 Å². The Balaban J connectivity index is 2.04. The maximum Gasteiger partial charge on any atom is 0.494 e. The summed E-state index contributed by atoms with van der Waals surface area (Å²) in [6, 6.07) is 7.31. The molecule has 35 heavy (non-hydrogen) atoms. The number of alkyl carbamates (subject to hydrolysis) is 1. The Hall–Kier alpha value is -1.55. The van der Waals surface area contributed by atoms with Crippen molar-refractivity contribution in [1.29, 1.82) is 0 Å². The van der Waals surface area contributed by atoms with Crippen molar-refractivity contribution in [2.24, 2.45) is 0 Å². The molecule has 2 rings (SSSR count). The number of carbonyl (C=O) groups excluding carboxylic acids is 1. The van der Waals surface area contributed by atoms with Gasteiger partial charge >= 0.3 is 13.2 Å². The smallest absolute Gasteiger partial charge is 0.491 e. The van der Waals surface area contributed by atoms with Crippen LogP contribution >= 0.6 is 0 Å². The van der Waals surface area contributed by atoms with Crippen LogP contribution in [0.1, 0.15) is 69.2 Å². The van der Waals surface area contributed by atoms with Gasteiger partial charge in [0.1, 0.15) is 18.0 Å². The van der Waals surface area contributed by atoms with Crippen LogP contribution in [0.5, 0.6) is 5.75 Å². The lowest BCUT2D eigenvalue weighted by Gasteiger charge is -2.37. The van der Waals surface area contributed by atoms with Crippen LogP contribution in [-0.4, -0.2) is 57.6 Å². The molecule has 7 nitrogen and oxygen atoms in total. The fraction of sp³-hybridized carbons (Fsp3) is 0.731. The summed E-state index contributed by atoms with van der Waals surface area (Å²) in [7, 11) is -2.42. The first kappa shape index (κ1) is 29.7. The van der Waals surface area contributed by atoms with Crippen molar-refractivity contribution >= 4 is 27.0 Å². The van der Waals surface area contributed by atoms with Gasteiger partial charge in [-0.2, -0.15) is 0 Å². The van der Waals surface area contributed by atoms with Crippen molar-refractivity contribution in [3.8, 4) is 5.75 Å². The fourth-order valence-electron chi connectivity index (χ4n) is 3.03. The van der Waals surface area contributed by atoms with E-state index in [-0.39, 0.29) is 17.7 Å². The topological polar surface area (TPSA) is 75.3 Å². The van der Waals surface area contributed by atoms with Gasteiger partial charge in [-0.05, 0) is 84.2 Å². The molecule has 0 aromatic heterocycles. The number of carbonyl (C=O) groups is 1. The van der Waals surface area contributed by atoms with E-state index < -0.39 is 38.3 Å². The Morgan fingerprint density at radius 1 is 0.971 bits per heavy atom. The van der Waals surface area contributed by atoms with Crippen molar-refractivity contribution in [1.82, 2.24) is 5.32 Å². The molecule has 0 bridgehead atoms. The normalized spacial score (nSPS) is 18.8. The van der Waals surface area contributed by atoms with Gasteiger partial charge in [0, 0.05) is 0 Å². The zero-order valence-corrected chi connectivity index (χ0v) is 24.8. The molecule has 1 aliphatic rings. The molecular formula is C26H46BNO6Si. The largest absolute Gasteiger partial charge is 0.494 e. The van der Waals surface area contributed by atoms with E-state index in [9.17, 15) is 4.79 Å². The maximum atomic E-state index is 12.4. The minimum absolute atomic E-state index is 0.0632. The highest BCUT2D eigenvalue weighted by Crippen LogP contribution is 2.37. The second-order valence-corrected chi connectivity index (χ2v) is 17.7. The number of hydrogen-bond donors (Lipinski definition) is 1. The van der Waals surface area contributed by atoms with Gasteiger partial charge in [-0.1, -0.05) is 32.9 Å². The molecule has 1 aliphatic heterocycles. The Morgan fingerprint density at radius 3 is 1.94 bits per heavy atom. The standard InChI is InChI=1S/C26H46BNO6Si/c1-23(2,3)32-22(29)28-20(18-31-35(11,12)24(4,5)6)17-30-21-15-13-19(14-16-21)27-33-25(7,8)26(9,10)34-27/h13-16,20H,17-18H2,1-12H3,(H,28,29)/t20-/m1/s1. The molecule has 0 saturated carbocycles. The Bertz CT molecular complexity index is 842. The minimum Gasteiger partial charge on any atom is -0.491 e. The van der Waals surface area contributed by atoms with E-state index in [1.807, 2.05) is 72.7 Å². The van der Waals surface area contributed by atoms with Crippen LogP contribution in [0.25, 0.3) is 0 Å². The molecule has 1 saturated heterocycles. The molecule has 1 amide bonds. The SMILES string of the molecule is CC(C)(C)OC(=O)N[C@H](COc1ccc(B2OC(C)(C)C(C)(C)O2)cc1)CO[Si](C)(C)C(C)(C)C. The first-order valence-electron chi connectivity index (χ1n) is 12.4. The molecule has 1 N–H and O–H groups in total. The molecule has 0 unspecified atom stereocenters. The van der Waals surface area contributed by atoms with Crippen LogP contribution in [0, 0.1) is 0 Å². The van der Waals surface area contributed by atoms with Crippen molar-refractivity contribution in [3.05, 3.63) is 24.3 Å². The second kappa shape index (κ2) is 10.4. The van der Waals surface area contributed by atoms with Gasteiger partial charge in [0.15, 0.2) is 8.32 Å². The van der Waals surface area contributed by atoms with Gasteiger partial charge in [0.05, 0.1) is 23.9 Å². The van der Waals surface area contributed by atoms with Crippen LogP contribution in [-0.2, 0) is 18.5 Å². The zero-order chi connectivity index (χ0) is 26.9. The van der Waals surface area contributed by atoms with E-state index in [0.717, 1.165) is 5.46 Å². The first-order valence-corrected chi connectivity index (χ1v) is 15.4. The summed E-state index contributed by atoms with van der Waals surface area (Å²) in [6.45, 7) is 25.2. The summed E-state index contributed by atoms with van der Waals surface area (Å²) in [4.78, 5) is 12.4. The Morgan fingerprint density at radius 2 is 1.49 bits per heavy atom. The third-order valence-electron chi connectivity index (χ3n) is 7.03. The Kier molecular flexibility index (Phi) is 8.85. The van der Waals surface area contributed by atoms with Gasteiger partial charge < -0.3 is 28.5 Å². The van der Waals surface area contributed by atoms with E-state index >= 15 is 0 Å². The summed E-state index contributed by atoms with van der Waals surface area (Å²) >= 11 is 0. The third kappa shape index (κ3) is 8.23. The molecule has 9 heteroatoms. The third-order valence-corrected chi connectivity index (χ3v) is 11.5. The average molecular weight is 508 g/mol. The summed E-state index contributed by atoms with van der Waals surface area (Å²) in [5.41, 5.74) is -0.436. The van der Waals surface area contributed by atoms with Gasteiger partial charge in [-0.15, -0.1) is 0 Å². The van der Waals surface area contributed by atoms with E-state index in [1.54, 1.807) is 0 Å². The highest BCUT2D eigenvalue weighted by Gasteiger charge is 2.51. The van der Waals surface area contributed by atoms with Gasteiger partial charge in [0.2, 0.25) is 0 Å². The Labute approximate surface area is 213 Å². The van der Waals surface area contributed by atoms with E-state index in [0.29, 0.717) is 12.4 Å². The number of hydrogen-bond acceptors (Lipinski definition) is 6. The summed E-state index contributed by atoms with van der Waals surface area (Å²) < 4.78 is 30.1. The minimum atomic E-state index is -2.00. The highest BCUT2D eigenvalue weighted by molar-refractivity contribution is 6.74. The van der Waals surface area contributed by atoms with Crippen molar-refractivity contribution in [2.75, 3.05) is 13.2 Å². The number of ether oxygens (including phenoxy) is 2. The predicted molar refractivity (Wildman–Crippen MR) is 144 cm³/mol. The van der Waals surface area contributed by atoms with Crippen LogP contribution in [0.3, 0.4) is 0 Å². The van der Waals surface area contributed by atoms with E-state index in [4.69, 9.17) is 23.2 Å². The fourth-order valence-corrected chi connectivity index (χ4v) is 4.08. The number of rotatable bonds is 8. The lowest BCUT2D eigenvalue weighted by atomic mass is 9.79. The summed E-state index contributed by atoms with van der Waals surface area (Å²) in [5, 5.41) is 2.98. The first-order chi connectivity index (χ1) is 15.7. The van der Waals surface area contributed by atoms with E-state index in [1.165, 1.54) is 0 Å². The molecule has 1 aromatic carbocycles. The highest BCUT2D eigenvalue weighted by atomic mass is 28.4. The molecule has 0 aliphatic carbocycles. The predicted octanol–water partition coefficient (Wildman–Crippen LogP) is 5.28. The average Bonchev–Trinajstić information content (AvgIpc) is 2.89. The van der Waals surface area contributed by atoms with Crippen molar-refractivity contribution in [3.63, 3.8) is 0 Å². The molecule has 1 atom stereocenters. The molecule has 1 heterocycles. The molecule has 0 spiro atoms. The molecule has 0 radical (unpaired) electrons.